The van der Waals surface area contributed by atoms with Crippen molar-refractivity contribution in [2.24, 2.45) is 0 Å². The van der Waals surface area contributed by atoms with Gasteiger partial charge in [-0.1, -0.05) is 47.6 Å². The Balaban J connectivity index is 1.56. The lowest BCUT2D eigenvalue weighted by molar-refractivity contribution is -0.126. The topological polar surface area (TPSA) is 46.6 Å². The number of imide groups is 1. The van der Waals surface area contributed by atoms with Gasteiger partial charge in [0.05, 0.1) is 5.25 Å². The Morgan fingerprint density at radius 1 is 1.04 bits per heavy atom. The maximum Gasteiger partial charge on any atom is 0.289 e. The number of carbonyl (C=O) groups is 2. The van der Waals surface area contributed by atoms with Gasteiger partial charge in [0, 0.05) is 11.6 Å². The van der Waals surface area contributed by atoms with Crippen LogP contribution in [0.25, 0.3) is 0 Å². The van der Waals surface area contributed by atoms with Gasteiger partial charge in [-0.15, -0.1) is 0 Å². The van der Waals surface area contributed by atoms with Gasteiger partial charge in [0.25, 0.3) is 5.24 Å². The van der Waals surface area contributed by atoms with Gasteiger partial charge in [0.1, 0.15) is 12.4 Å². The lowest BCUT2D eigenvalue weighted by Crippen LogP contribution is -2.31. The molecule has 1 aliphatic rings. The molecule has 1 heterocycles. The Hall–Kier alpha value is -1.98. The molecule has 0 saturated carbocycles. The fraction of sp³-hybridized carbons (Fsp3) is 0.263. The van der Waals surface area contributed by atoms with Crippen molar-refractivity contribution in [1.29, 1.82) is 0 Å². The zero-order chi connectivity index (χ0) is 17.8. The van der Waals surface area contributed by atoms with Crippen molar-refractivity contribution >= 4 is 34.5 Å². The van der Waals surface area contributed by atoms with Crippen molar-refractivity contribution in [3.05, 3.63) is 64.7 Å². The monoisotopic (exact) mass is 375 g/mol. The second kappa shape index (κ2) is 7.93. The molecule has 3 rings (SSSR count). The second-order valence-corrected chi connectivity index (χ2v) is 7.31. The van der Waals surface area contributed by atoms with Crippen molar-refractivity contribution in [1.82, 2.24) is 4.90 Å². The normalized spacial score (nSPS) is 17.2. The molecule has 0 N–H and O–H groups in total. The Bertz CT molecular complexity index is 761. The van der Waals surface area contributed by atoms with E-state index in [0.717, 1.165) is 28.6 Å². The Morgan fingerprint density at radius 2 is 1.68 bits per heavy atom. The smallest absolute Gasteiger partial charge is 0.289 e. The maximum absolute atomic E-state index is 12.2. The predicted octanol–water partition coefficient (Wildman–Crippen LogP) is 4.55. The molecule has 130 valence electrons. The molecule has 0 aromatic heterocycles. The molecule has 4 nitrogen and oxygen atoms in total. The minimum absolute atomic E-state index is 0.0967. The molecule has 0 aliphatic carbocycles. The number of rotatable bonds is 6. The van der Waals surface area contributed by atoms with Crippen LogP contribution in [-0.2, 0) is 17.8 Å². The van der Waals surface area contributed by atoms with Gasteiger partial charge in [-0.25, -0.2) is 0 Å². The van der Waals surface area contributed by atoms with Crippen LogP contribution < -0.4 is 4.74 Å². The average molecular weight is 376 g/mol. The van der Waals surface area contributed by atoms with Crippen LogP contribution in [0.3, 0.4) is 0 Å². The average Bonchev–Trinajstić information content (AvgIpc) is 2.88. The fourth-order valence-corrected chi connectivity index (χ4v) is 3.82. The summed E-state index contributed by atoms with van der Waals surface area (Å²) in [6.07, 6.45) is 0.545. The summed E-state index contributed by atoms with van der Waals surface area (Å²) in [4.78, 5) is 25.2. The molecule has 0 spiro atoms. The van der Waals surface area contributed by atoms with Crippen molar-refractivity contribution in [3.8, 4) is 5.75 Å². The number of nitrogens with zero attached hydrogens (tertiary/aromatic N) is 1. The number of carbonyl (C=O) groups excluding carboxylic acids is 2. The van der Waals surface area contributed by atoms with E-state index in [2.05, 4.69) is 0 Å². The third kappa shape index (κ3) is 4.35. The molecule has 1 saturated heterocycles. The Labute approximate surface area is 156 Å². The van der Waals surface area contributed by atoms with Gasteiger partial charge in [-0.2, -0.15) is 0 Å². The first-order chi connectivity index (χ1) is 12.1. The van der Waals surface area contributed by atoms with Crippen molar-refractivity contribution in [3.63, 3.8) is 0 Å². The van der Waals surface area contributed by atoms with Crippen molar-refractivity contribution < 1.29 is 14.3 Å². The SMILES string of the molecule is CCN1C(=O)S[C@@H](Cc2ccc(OCc3ccc(Cl)cc3)cc2)C1=O. The quantitative estimate of drug-likeness (QED) is 0.743. The van der Waals surface area contributed by atoms with Gasteiger partial charge in [0.15, 0.2) is 0 Å². The number of thioether (sulfide) groups is 1. The minimum Gasteiger partial charge on any atom is -0.489 e. The first kappa shape index (κ1) is 17.8. The maximum atomic E-state index is 12.2. The lowest BCUT2D eigenvalue weighted by atomic mass is 10.1. The molecular formula is C19H18ClNO3S. The van der Waals surface area contributed by atoms with E-state index in [9.17, 15) is 9.59 Å². The molecule has 0 unspecified atom stereocenters. The molecule has 25 heavy (non-hydrogen) atoms. The third-order valence-corrected chi connectivity index (χ3v) is 5.31. The highest BCUT2D eigenvalue weighted by Gasteiger charge is 2.38. The molecule has 1 fully saturated rings. The Kier molecular flexibility index (Phi) is 5.66. The van der Waals surface area contributed by atoms with Crippen LogP contribution in [0, 0.1) is 0 Å². The van der Waals surface area contributed by atoms with Crippen LogP contribution in [0.1, 0.15) is 18.1 Å². The summed E-state index contributed by atoms with van der Waals surface area (Å²) in [5, 5.41) is 0.223. The number of hydrogen-bond acceptors (Lipinski definition) is 4. The summed E-state index contributed by atoms with van der Waals surface area (Å²) < 4.78 is 5.75. The second-order valence-electron chi connectivity index (χ2n) is 5.72. The molecule has 2 amide bonds. The van der Waals surface area contributed by atoms with E-state index >= 15 is 0 Å². The molecular weight excluding hydrogens is 358 g/mol. The number of halogens is 1. The fourth-order valence-electron chi connectivity index (χ4n) is 2.60. The third-order valence-electron chi connectivity index (χ3n) is 3.98. The minimum atomic E-state index is -0.326. The summed E-state index contributed by atoms with van der Waals surface area (Å²) in [6.45, 7) is 2.71. The lowest BCUT2D eigenvalue weighted by Gasteiger charge is -2.11. The standard InChI is InChI=1S/C19H18ClNO3S/c1-2-21-18(22)17(25-19(21)23)11-13-5-9-16(10-6-13)24-12-14-3-7-15(20)8-4-14/h3-10,17H,2,11-12H2,1H3/t17-/m0/s1. The Morgan fingerprint density at radius 3 is 2.28 bits per heavy atom. The molecule has 2 aromatic rings. The van der Waals surface area contributed by atoms with E-state index in [1.807, 2.05) is 55.5 Å². The van der Waals surface area contributed by atoms with Crippen LogP contribution in [0.2, 0.25) is 5.02 Å². The van der Waals surface area contributed by atoms with Crippen molar-refractivity contribution in [2.45, 2.75) is 25.2 Å². The van der Waals surface area contributed by atoms with E-state index < -0.39 is 0 Å². The van der Waals surface area contributed by atoms with Gasteiger partial charge < -0.3 is 4.74 Å². The molecule has 0 bridgehead atoms. The number of benzene rings is 2. The number of hydrogen-bond donors (Lipinski definition) is 0. The van der Waals surface area contributed by atoms with E-state index in [-0.39, 0.29) is 16.4 Å². The first-order valence-electron chi connectivity index (χ1n) is 8.05. The zero-order valence-electron chi connectivity index (χ0n) is 13.8. The molecule has 1 atom stereocenters. The highest BCUT2D eigenvalue weighted by molar-refractivity contribution is 8.15. The summed E-state index contributed by atoms with van der Waals surface area (Å²) in [7, 11) is 0. The van der Waals surface area contributed by atoms with Crippen LogP contribution >= 0.6 is 23.4 Å². The zero-order valence-corrected chi connectivity index (χ0v) is 15.3. The molecule has 2 aromatic carbocycles. The van der Waals surface area contributed by atoms with Crippen LogP contribution in [0.5, 0.6) is 5.75 Å². The summed E-state index contributed by atoms with van der Waals surface area (Å²) >= 11 is 6.97. The van der Waals surface area contributed by atoms with E-state index in [0.29, 0.717) is 24.6 Å². The van der Waals surface area contributed by atoms with Crippen LogP contribution in [0.15, 0.2) is 48.5 Å². The molecule has 6 heteroatoms. The van der Waals surface area contributed by atoms with Crippen molar-refractivity contribution in [2.75, 3.05) is 6.54 Å². The summed E-state index contributed by atoms with van der Waals surface area (Å²) in [5.74, 6) is 0.663. The van der Waals surface area contributed by atoms with E-state index in [4.69, 9.17) is 16.3 Å². The van der Waals surface area contributed by atoms with E-state index in [1.165, 1.54) is 4.90 Å². The van der Waals surface area contributed by atoms with Crippen LogP contribution in [0.4, 0.5) is 4.79 Å². The highest BCUT2D eigenvalue weighted by atomic mass is 35.5. The van der Waals surface area contributed by atoms with Gasteiger partial charge in [0.2, 0.25) is 5.91 Å². The molecule has 1 aliphatic heterocycles. The van der Waals surface area contributed by atoms with Gasteiger partial charge >= 0.3 is 0 Å². The van der Waals surface area contributed by atoms with Gasteiger partial charge in [-0.05, 0) is 48.7 Å². The largest absolute Gasteiger partial charge is 0.489 e. The number of amides is 2. The predicted molar refractivity (Wildman–Crippen MR) is 100 cm³/mol. The van der Waals surface area contributed by atoms with E-state index in [1.54, 1.807) is 0 Å². The number of ether oxygens (including phenoxy) is 1. The summed E-state index contributed by atoms with van der Waals surface area (Å²) in [5.41, 5.74) is 2.05. The summed E-state index contributed by atoms with van der Waals surface area (Å²) in [6, 6.07) is 15.2. The highest BCUT2D eigenvalue weighted by Crippen LogP contribution is 2.29. The first-order valence-corrected chi connectivity index (χ1v) is 9.30. The molecule has 0 radical (unpaired) electrons. The van der Waals surface area contributed by atoms with Gasteiger partial charge in [-0.3, -0.25) is 14.5 Å². The van der Waals surface area contributed by atoms with Crippen LogP contribution in [-0.4, -0.2) is 27.8 Å².